The molecule has 0 unspecified atom stereocenters. The predicted octanol–water partition coefficient (Wildman–Crippen LogP) is 3.34. The largest absolute Gasteiger partial charge is 0.373 e. The predicted molar refractivity (Wildman–Crippen MR) is 82.7 cm³/mol. The molecule has 0 aliphatic carbocycles. The van der Waals surface area contributed by atoms with Crippen LogP contribution in [0.25, 0.3) is 11.5 Å². The highest BCUT2D eigenvalue weighted by Crippen LogP contribution is 2.21. The smallest absolute Gasteiger partial charge is 0.180 e. The highest BCUT2D eigenvalue weighted by Gasteiger charge is 2.11. The minimum atomic E-state index is 0.567. The molecule has 0 radical (unpaired) electrons. The summed E-state index contributed by atoms with van der Waals surface area (Å²) in [5.74, 6) is 2.13. The summed E-state index contributed by atoms with van der Waals surface area (Å²) in [5.41, 5.74) is 3.12. The van der Waals surface area contributed by atoms with Crippen LogP contribution >= 0.6 is 0 Å². The molecule has 106 valence electrons. The molecule has 0 spiro atoms. The number of rotatable bonds is 5. The first-order valence-electron chi connectivity index (χ1n) is 7.14. The fraction of sp³-hybridized carbons (Fsp3) is 0.438. The first kappa shape index (κ1) is 14.4. The molecule has 4 heteroatoms. The summed E-state index contributed by atoms with van der Waals surface area (Å²) in [5, 5.41) is 3.11. The van der Waals surface area contributed by atoms with Crippen molar-refractivity contribution >= 4 is 5.82 Å². The Morgan fingerprint density at radius 3 is 2.70 bits per heavy atom. The van der Waals surface area contributed by atoms with Crippen molar-refractivity contribution in [1.82, 2.24) is 15.0 Å². The first-order chi connectivity index (χ1) is 9.63. The number of aryl methyl sites for hydroxylation is 1. The van der Waals surface area contributed by atoms with Gasteiger partial charge in [-0.3, -0.25) is 4.98 Å². The molecule has 0 saturated carbocycles. The van der Waals surface area contributed by atoms with Gasteiger partial charge in [0, 0.05) is 25.0 Å². The lowest BCUT2D eigenvalue weighted by Gasteiger charge is -2.11. The van der Waals surface area contributed by atoms with Crippen LogP contribution in [0.5, 0.6) is 0 Å². The van der Waals surface area contributed by atoms with E-state index in [0.29, 0.717) is 11.7 Å². The second-order valence-corrected chi connectivity index (χ2v) is 5.28. The van der Waals surface area contributed by atoms with Crippen molar-refractivity contribution in [3.63, 3.8) is 0 Å². The van der Waals surface area contributed by atoms with Crippen molar-refractivity contribution in [2.45, 2.75) is 33.6 Å². The number of anilines is 1. The fourth-order valence-corrected chi connectivity index (χ4v) is 2.18. The molecule has 0 bridgehead atoms. The molecule has 1 N–H and O–H groups in total. The topological polar surface area (TPSA) is 50.7 Å². The van der Waals surface area contributed by atoms with Crippen LogP contribution in [0.3, 0.4) is 0 Å². The van der Waals surface area contributed by atoms with Crippen LogP contribution < -0.4 is 5.32 Å². The molecule has 0 amide bonds. The lowest BCUT2D eigenvalue weighted by atomic mass is 10.1. The number of hydrogen-bond acceptors (Lipinski definition) is 4. The molecule has 4 nitrogen and oxygen atoms in total. The quantitative estimate of drug-likeness (QED) is 0.905. The van der Waals surface area contributed by atoms with E-state index >= 15 is 0 Å². The molecule has 0 aliphatic rings. The van der Waals surface area contributed by atoms with Crippen LogP contribution in [0.1, 0.15) is 32.0 Å². The van der Waals surface area contributed by atoms with E-state index in [1.165, 1.54) is 5.56 Å². The summed E-state index contributed by atoms with van der Waals surface area (Å²) in [6.07, 6.45) is 3.67. The normalized spacial score (nSPS) is 10.8. The number of aromatic nitrogens is 3. The summed E-state index contributed by atoms with van der Waals surface area (Å²) in [6.45, 7) is 6.51. The molecule has 0 fully saturated rings. The molecule has 20 heavy (non-hydrogen) atoms. The third-order valence-corrected chi connectivity index (χ3v) is 3.14. The Morgan fingerprint density at radius 2 is 2.05 bits per heavy atom. The lowest BCUT2D eigenvalue weighted by molar-refractivity contribution is 0.634. The second kappa shape index (κ2) is 6.46. The first-order valence-corrected chi connectivity index (χ1v) is 7.14. The van der Waals surface area contributed by atoms with Gasteiger partial charge in [-0.2, -0.15) is 0 Å². The molecule has 2 aromatic heterocycles. The SMILES string of the molecule is CCc1cccnc1-c1nc(CC(C)C)cc(NC)n1. The summed E-state index contributed by atoms with van der Waals surface area (Å²) < 4.78 is 0. The van der Waals surface area contributed by atoms with Crippen LogP contribution in [0.15, 0.2) is 24.4 Å². The van der Waals surface area contributed by atoms with Crippen molar-refractivity contribution in [1.29, 1.82) is 0 Å². The van der Waals surface area contributed by atoms with Crippen LogP contribution in [0.4, 0.5) is 5.82 Å². The second-order valence-electron chi connectivity index (χ2n) is 5.28. The minimum Gasteiger partial charge on any atom is -0.373 e. The zero-order chi connectivity index (χ0) is 14.5. The van der Waals surface area contributed by atoms with Gasteiger partial charge in [0.1, 0.15) is 11.5 Å². The average Bonchev–Trinajstić information content (AvgIpc) is 2.46. The van der Waals surface area contributed by atoms with E-state index in [1.54, 1.807) is 6.20 Å². The maximum atomic E-state index is 4.69. The van der Waals surface area contributed by atoms with E-state index in [2.05, 4.69) is 47.1 Å². The highest BCUT2D eigenvalue weighted by atomic mass is 15.0. The molecule has 0 saturated heterocycles. The molecular formula is C16H22N4. The van der Waals surface area contributed by atoms with E-state index in [-0.39, 0.29) is 0 Å². The van der Waals surface area contributed by atoms with Gasteiger partial charge < -0.3 is 5.32 Å². The van der Waals surface area contributed by atoms with Crippen molar-refractivity contribution in [3.8, 4) is 11.5 Å². The van der Waals surface area contributed by atoms with Gasteiger partial charge in [0.05, 0.1) is 0 Å². The van der Waals surface area contributed by atoms with Gasteiger partial charge in [-0.05, 0) is 30.4 Å². The maximum absolute atomic E-state index is 4.69. The van der Waals surface area contributed by atoms with E-state index < -0.39 is 0 Å². The number of hydrogen-bond donors (Lipinski definition) is 1. The zero-order valence-electron chi connectivity index (χ0n) is 12.6. The number of nitrogens with one attached hydrogen (secondary N) is 1. The summed E-state index contributed by atoms with van der Waals surface area (Å²) >= 11 is 0. The Kier molecular flexibility index (Phi) is 4.66. The van der Waals surface area contributed by atoms with Gasteiger partial charge in [-0.1, -0.05) is 26.8 Å². The van der Waals surface area contributed by atoms with Crippen molar-refractivity contribution < 1.29 is 0 Å². The van der Waals surface area contributed by atoms with Gasteiger partial charge in [0.15, 0.2) is 5.82 Å². The maximum Gasteiger partial charge on any atom is 0.180 e. The third-order valence-electron chi connectivity index (χ3n) is 3.14. The standard InChI is InChI=1S/C16H22N4/c1-5-12-7-6-8-18-15(12)16-19-13(9-11(2)3)10-14(17-4)20-16/h6-8,10-11H,5,9H2,1-4H3,(H,17,19,20). The van der Waals surface area contributed by atoms with Gasteiger partial charge in [-0.15, -0.1) is 0 Å². The molecule has 2 aromatic rings. The fourth-order valence-electron chi connectivity index (χ4n) is 2.18. The molecular weight excluding hydrogens is 248 g/mol. The number of pyridine rings is 1. The molecule has 0 atom stereocenters. The summed E-state index contributed by atoms with van der Waals surface area (Å²) in [7, 11) is 1.88. The van der Waals surface area contributed by atoms with Gasteiger partial charge in [-0.25, -0.2) is 9.97 Å². The van der Waals surface area contributed by atoms with Crippen LogP contribution in [-0.4, -0.2) is 22.0 Å². The van der Waals surface area contributed by atoms with Crippen molar-refractivity contribution in [2.75, 3.05) is 12.4 Å². The van der Waals surface area contributed by atoms with E-state index in [4.69, 9.17) is 0 Å². The summed E-state index contributed by atoms with van der Waals surface area (Å²) in [6, 6.07) is 6.05. The minimum absolute atomic E-state index is 0.567. The Bertz CT molecular complexity index is 578. The van der Waals surface area contributed by atoms with Crippen molar-refractivity contribution in [3.05, 3.63) is 35.7 Å². The van der Waals surface area contributed by atoms with E-state index in [1.807, 2.05) is 19.2 Å². The highest BCUT2D eigenvalue weighted by molar-refractivity contribution is 5.57. The number of nitrogens with zero attached hydrogens (tertiary/aromatic N) is 3. The Labute approximate surface area is 120 Å². The Hall–Kier alpha value is -1.97. The monoisotopic (exact) mass is 270 g/mol. The Balaban J connectivity index is 2.49. The summed E-state index contributed by atoms with van der Waals surface area (Å²) in [4.78, 5) is 13.7. The van der Waals surface area contributed by atoms with Crippen LogP contribution in [0, 0.1) is 5.92 Å². The van der Waals surface area contributed by atoms with Gasteiger partial charge >= 0.3 is 0 Å². The Morgan fingerprint density at radius 1 is 1.25 bits per heavy atom. The van der Waals surface area contributed by atoms with Crippen LogP contribution in [-0.2, 0) is 12.8 Å². The molecule has 2 heterocycles. The molecule has 2 rings (SSSR count). The zero-order valence-corrected chi connectivity index (χ0v) is 12.6. The van der Waals surface area contributed by atoms with E-state index in [0.717, 1.165) is 30.0 Å². The van der Waals surface area contributed by atoms with Crippen LogP contribution in [0.2, 0.25) is 0 Å². The third kappa shape index (κ3) is 3.32. The molecule has 0 aliphatic heterocycles. The molecule has 0 aromatic carbocycles. The van der Waals surface area contributed by atoms with Crippen molar-refractivity contribution in [2.24, 2.45) is 5.92 Å². The van der Waals surface area contributed by atoms with Gasteiger partial charge in [0.25, 0.3) is 0 Å². The van der Waals surface area contributed by atoms with Gasteiger partial charge in [0.2, 0.25) is 0 Å². The lowest BCUT2D eigenvalue weighted by Crippen LogP contribution is -2.05. The van der Waals surface area contributed by atoms with E-state index in [9.17, 15) is 0 Å². The average molecular weight is 270 g/mol.